The second-order valence-electron chi connectivity index (χ2n) is 7.66. The lowest BCUT2D eigenvalue weighted by Gasteiger charge is -2.32. The summed E-state index contributed by atoms with van der Waals surface area (Å²) in [5.74, 6) is 0.848. The van der Waals surface area contributed by atoms with E-state index < -0.39 is 0 Å². The summed E-state index contributed by atoms with van der Waals surface area (Å²) in [6.45, 7) is 8.68. The zero-order valence-corrected chi connectivity index (χ0v) is 12.4. The molecule has 18 heavy (non-hydrogen) atoms. The Hall–Kier alpha value is -0.0151. The third-order valence-electron chi connectivity index (χ3n) is 5.97. The van der Waals surface area contributed by atoms with Crippen LogP contribution in [0.5, 0.6) is 0 Å². The van der Waals surface area contributed by atoms with Gasteiger partial charge in [-0.3, -0.25) is 0 Å². The average molecular weight is 250 g/mol. The lowest BCUT2D eigenvalue weighted by atomic mass is 9.58. The Morgan fingerprint density at radius 2 is 1.33 bits per heavy atom. The zero-order chi connectivity index (χ0) is 13.0. The van der Waals surface area contributed by atoms with Crippen molar-refractivity contribution in [1.29, 1.82) is 0 Å². The summed E-state index contributed by atoms with van der Waals surface area (Å²) < 4.78 is 12.6. The highest BCUT2D eigenvalue weighted by molar-refractivity contribution is 6.51. The van der Waals surface area contributed by atoms with Gasteiger partial charge in [0, 0.05) is 5.31 Å². The molecule has 102 valence electrons. The molecule has 0 atom stereocenters. The predicted octanol–water partition coefficient (Wildman–Crippen LogP) is 4.19. The summed E-state index contributed by atoms with van der Waals surface area (Å²) in [7, 11) is 0.0469. The molecule has 0 aromatic carbocycles. The molecule has 2 nitrogen and oxygen atoms in total. The maximum absolute atomic E-state index is 6.32. The first-order valence-corrected chi connectivity index (χ1v) is 7.73. The molecule has 3 aliphatic rings. The smallest absolute Gasteiger partial charge is 0.403 e. The Morgan fingerprint density at radius 1 is 0.833 bits per heavy atom. The highest BCUT2D eigenvalue weighted by Crippen LogP contribution is 2.67. The Labute approximate surface area is 112 Å². The molecule has 1 aliphatic heterocycles. The van der Waals surface area contributed by atoms with Gasteiger partial charge in [0.1, 0.15) is 0 Å². The van der Waals surface area contributed by atoms with Gasteiger partial charge in [0.25, 0.3) is 0 Å². The van der Waals surface area contributed by atoms with E-state index in [4.69, 9.17) is 9.31 Å². The van der Waals surface area contributed by atoms with Gasteiger partial charge in [0.05, 0.1) is 11.2 Å². The highest BCUT2D eigenvalue weighted by Gasteiger charge is 2.66. The maximum Gasteiger partial charge on any atom is 0.464 e. The molecule has 2 saturated carbocycles. The molecule has 0 spiro atoms. The quantitative estimate of drug-likeness (QED) is 0.684. The van der Waals surface area contributed by atoms with E-state index in [2.05, 4.69) is 27.7 Å². The zero-order valence-electron chi connectivity index (χ0n) is 12.4. The molecule has 0 aromatic heterocycles. The van der Waals surface area contributed by atoms with Crippen LogP contribution in [-0.2, 0) is 9.31 Å². The van der Waals surface area contributed by atoms with Crippen LogP contribution < -0.4 is 0 Å². The number of hydrogen-bond acceptors (Lipinski definition) is 2. The van der Waals surface area contributed by atoms with E-state index in [0.29, 0.717) is 5.31 Å². The molecule has 0 aromatic rings. The van der Waals surface area contributed by atoms with Crippen molar-refractivity contribution in [3.63, 3.8) is 0 Å². The van der Waals surface area contributed by atoms with Crippen molar-refractivity contribution < 1.29 is 9.31 Å². The van der Waals surface area contributed by atoms with E-state index in [-0.39, 0.29) is 18.3 Å². The Bertz CT molecular complexity index is 311. The van der Waals surface area contributed by atoms with E-state index in [1.165, 1.54) is 44.9 Å². The van der Waals surface area contributed by atoms with Crippen LogP contribution in [0.1, 0.15) is 72.6 Å². The van der Waals surface area contributed by atoms with Gasteiger partial charge >= 0.3 is 7.12 Å². The summed E-state index contributed by atoms with van der Waals surface area (Å²) in [5.41, 5.74) is -0.330. The van der Waals surface area contributed by atoms with Crippen molar-refractivity contribution in [2.24, 2.45) is 5.92 Å². The minimum Gasteiger partial charge on any atom is -0.403 e. The molecule has 0 radical (unpaired) electrons. The van der Waals surface area contributed by atoms with Gasteiger partial charge in [-0.05, 0) is 46.5 Å². The van der Waals surface area contributed by atoms with Crippen LogP contribution in [0, 0.1) is 5.92 Å². The van der Waals surface area contributed by atoms with Crippen LogP contribution in [0.2, 0.25) is 5.31 Å². The predicted molar refractivity (Wildman–Crippen MR) is 74.6 cm³/mol. The molecular weight excluding hydrogens is 223 g/mol. The first-order valence-electron chi connectivity index (χ1n) is 7.73. The highest BCUT2D eigenvalue weighted by atomic mass is 16.7. The second kappa shape index (κ2) is 3.99. The van der Waals surface area contributed by atoms with Crippen LogP contribution >= 0.6 is 0 Å². The van der Waals surface area contributed by atoms with Crippen LogP contribution in [0.25, 0.3) is 0 Å². The van der Waals surface area contributed by atoms with Crippen molar-refractivity contribution in [3.05, 3.63) is 0 Å². The van der Waals surface area contributed by atoms with Gasteiger partial charge in [-0.2, -0.15) is 0 Å². The molecule has 0 N–H and O–H groups in total. The van der Waals surface area contributed by atoms with Crippen LogP contribution in [0.15, 0.2) is 0 Å². The largest absolute Gasteiger partial charge is 0.464 e. The molecule has 3 fully saturated rings. The maximum atomic E-state index is 6.32. The normalized spacial score (nSPS) is 33.7. The third kappa shape index (κ3) is 1.86. The fourth-order valence-electron chi connectivity index (χ4n) is 3.74. The van der Waals surface area contributed by atoms with Gasteiger partial charge in [-0.15, -0.1) is 0 Å². The van der Waals surface area contributed by atoms with Crippen molar-refractivity contribution in [2.75, 3.05) is 0 Å². The molecule has 3 rings (SSSR count). The molecule has 0 unspecified atom stereocenters. The van der Waals surface area contributed by atoms with Crippen molar-refractivity contribution in [2.45, 2.75) is 89.2 Å². The van der Waals surface area contributed by atoms with Crippen LogP contribution in [-0.4, -0.2) is 18.3 Å². The summed E-state index contributed by atoms with van der Waals surface area (Å²) in [6, 6.07) is 0. The molecule has 1 heterocycles. The lowest BCUT2D eigenvalue weighted by molar-refractivity contribution is 0.00578. The minimum absolute atomic E-state index is 0.0469. The average Bonchev–Trinajstić information content (AvgIpc) is 3.05. The van der Waals surface area contributed by atoms with Crippen LogP contribution in [0.3, 0.4) is 0 Å². The van der Waals surface area contributed by atoms with Gasteiger partial charge < -0.3 is 9.31 Å². The van der Waals surface area contributed by atoms with E-state index in [0.717, 1.165) is 5.92 Å². The standard InChI is InChI=1S/C15H27BO2/c1-13(2)14(3,4)18-16(17-13)15(10-11-15)12-8-6-5-7-9-12/h12H,5-11H2,1-4H3. The molecule has 0 bridgehead atoms. The van der Waals surface area contributed by atoms with E-state index >= 15 is 0 Å². The second-order valence-corrected chi connectivity index (χ2v) is 7.66. The fraction of sp³-hybridized carbons (Fsp3) is 1.00. The van der Waals surface area contributed by atoms with Crippen molar-refractivity contribution in [3.8, 4) is 0 Å². The monoisotopic (exact) mass is 250 g/mol. The van der Waals surface area contributed by atoms with E-state index in [1.807, 2.05) is 0 Å². The molecule has 0 amide bonds. The molecule has 1 saturated heterocycles. The van der Waals surface area contributed by atoms with Gasteiger partial charge in [0.2, 0.25) is 0 Å². The topological polar surface area (TPSA) is 18.5 Å². The van der Waals surface area contributed by atoms with Crippen molar-refractivity contribution in [1.82, 2.24) is 0 Å². The van der Waals surface area contributed by atoms with Gasteiger partial charge in [0.15, 0.2) is 0 Å². The molecular formula is C15H27BO2. The Balaban J connectivity index is 1.76. The fourth-order valence-corrected chi connectivity index (χ4v) is 3.74. The van der Waals surface area contributed by atoms with Gasteiger partial charge in [-0.25, -0.2) is 0 Å². The first kappa shape index (κ1) is 13.0. The van der Waals surface area contributed by atoms with Gasteiger partial charge in [-0.1, -0.05) is 32.1 Å². The van der Waals surface area contributed by atoms with E-state index in [1.54, 1.807) is 0 Å². The Kier molecular flexibility index (Phi) is 2.88. The number of rotatable bonds is 2. The van der Waals surface area contributed by atoms with Crippen molar-refractivity contribution >= 4 is 7.12 Å². The molecule has 3 heteroatoms. The van der Waals surface area contributed by atoms with E-state index in [9.17, 15) is 0 Å². The van der Waals surface area contributed by atoms with Crippen LogP contribution in [0.4, 0.5) is 0 Å². The Morgan fingerprint density at radius 3 is 1.78 bits per heavy atom. The molecule has 2 aliphatic carbocycles. The summed E-state index contributed by atoms with van der Waals surface area (Å²) in [4.78, 5) is 0. The number of hydrogen-bond donors (Lipinski definition) is 0. The summed E-state index contributed by atoms with van der Waals surface area (Å²) in [5, 5.41) is 0.367. The lowest BCUT2D eigenvalue weighted by Crippen LogP contribution is -2.41. The minimum atomic E-state index is -0.165. The third-order valence-corrected chi connectivity index (χ3v) is 5.97. The SMILES string of the molecule is CC1(C)OB(C2(C3CCCCC3)CC2)OC1(C)C. The summed E-state index contributed by atoms with van der Waals surface area (Å²) in [6.07, 6.45) is 9.66. The summed E-state index contributed by atoms with van der Waals surface area (Å²) >= 11 is 0. The first-order chi connectivity index (χ1) is 8.37.